The third kappa shape index (κ3) is 4.99. The van der Waals surface area contributed by atoms with Crippen molar-refractivity contribution < 1.29 is 0 Å². The van der Waals surface area contributed by atoms with Gasteiger partial charge < -0.3 is 9.13 Å². The van der Waals surface area contributed by atoms with Gasteiger partial charge in [-0.2, -0.15) is 0 Å². The minimum atomic E-state index is 1.11. The summed E-state index contributed by atoms with van der Waals surface area (Å²) in [5, 5.41) is 5.80. The van der Waals surface area contributed by atoms with Crippen LogP contribution in [0.2, 0.25) is 0 Å². The summed E-state index contributed by atoms with van der Waals surface area (Å²) in [6, 6.07) is 18.3. The molecule has 0 N–H and O–H groups in total. The number of hydrogen-bond acceptors (Lipinski definition) is 0. The Morgan fingerprint density at radius 3 is 1.26 bits per heavy atom. The van der Waals surface area contributed by atoms with Crippen LogP contribution in [0.3, 0.4) is 0 Å². The smallest absolute Gasteiger partial charge is 0.0531 e. The zero-order valence-corrected chi connectivity index (χ0v) is 24.4. The Bertz CT molecular complexity index is 1400. The van der Waals surface area contributed by atoms with Crippen LogP contribution < -0.4 is 0 Å². The van der Waals surface area contributed by atoms with Gasteiger partial charge in [-0.1, -0.05) is 114 Å². The van der Waals surface area contributed by atoms with E-state index in [1.165, 1.54) is 132 Å². The molecule has 0 fully saturated rings. The lowest BCUT2D eigenvalue weighted by Crippen LogP contribution is -2.02. The number of fused-ring (bicyclic) bond motifs is 6. The van der Waals surface area contributed by atoms with Crippen LogP contribution in [0.15, 0.2) is 48.5 Å². The van der Waals surface area contributed by atoms with E-state index in [4.69, 9.17) is 0 Å². The normalized spacial score (nSPS) is 12.1. The maximum absolute atomic E-state index is 2.66. The molecular formula is C36H48N2. The van der Waals surface area contributed by atoms with Crippen LogP contribution >= 0.6 is 0 Å². The van der Waals surface area contributed by atoms with Crippen LogP contribution in [0.25, 0.3) is 43.6 Å². The Morgan fingerprint density at radius 2 is 0.842 bits per heavy atom. The second kappa shape index (κ2) is 12.4. The number of para-hydroxylation sites is 2. The van der Waals surface area contributed by atoms with Crippen molar-refractivity contribution in [1.82, 2.24) is 9.13 Å². The standard InChI is InChI=1S/C36H48N2/c1-5-7-9-11-13-19-25-37-31-23-17-15-21-29(31)33-28(4)36-34(27(3)35(33)37)30-22-16-18-24-32(30)38(36)26-20-14-12-10-8-6-2/h15-18,21-24H,5-14,19-20,25-26H2,1-4H3. The number of unbranched alkanes of at least 4 members (excludes halogenated alkanes) is 10. The molecule has 2 aromatic heterocycles. The Balaban J connectivity index is 1.62. The summed E-state index contributed by atoms with van der Waals surface area (Å²) in [5.41, 5.74) is 8.66. The number of benzene rings is 3. The van der Waals surface area contributed by atoms with E-state index in [1.54, 1.807) is 0 Å². The van der Waals surface area contributed by atoms with Crippen LogP contribution in [0, 0.1) is 13.8 Å². The molecule has 0 unspecified atom stereocenters. The highest BCUT2D eigenvalue weighted by atomic mass is 15.0. The van der Waals surface area contributed by atoms with Crippen molar-refractivity contribution in [1.29, 1.82) is 0 Å². The van der Waals surface area contributed by atoms with E-state index < -0.39 is 0 Å². The lowest BCUT2D eigenvalue weighted by molar-refractivity contribution is 0.570. The van der Waals surface area contributed by atoms with Gasteiger partial charge >= 0.3 is 0 Å². The van der Waals surface area contributed by atoms with Gasteiger partial charge in [0, 0.05) is 45.7 Å². The van der Waals surface area contributed by atoms with E-state index in [0.29, 0.717) is 0 Å². The Labute approximate surface area is 230 Å². The zero-order chi connectivity index (χ0) is 26.5. The molecule has 5 aromatic rings. The first-order chi connectivity index (χ1) is 18.7. The molecule has 0 saturated heterocycles. The first-order valence-corrected chi connectivity index (χ1v) is 15.6. The molecule has 0 aliphatic rings. The molecule has 0 saturated carbocycles. The fourth-order valence-corrected chi connectivity index (χ4v) is 6.95. The van der Waals surface area contributed by atoms with Crippen molar-refractivity contribution in [2.24, 2.45) is 0 Å². The van der Waals surface area contributed by atoms with Crippen molar-refractivity contribution in [3.8, 4) is 0 Å². The average molecular weight is 509 g/mol. The van der Waals surface area contributed by atoms with Crippen molar-refractivity contribution in [3.63, 3.8) is 0 Å². The number of nitrogens with zero attached hydrogens (tertiary/aromatic N) is 2. The topological polar surface area (TPSA) is 9.86 Å². The van der Waals surface area contributed by atoms with Gasteiger partial charge in [0.25, 0.3) is 0 Å². The maximum atomic E-state index is 2.66. The molecule has 0 spiro atoms. The molecular weight excluding hydrogens is 460 g/mol. The second-order valence-electron chi connectivity index (χ2n) is 11.6. The molecule has 2 heterocycles. The summed E-state index contributed by atoms with van der Waals surface area (Å²) in [7, 11) is 0. The molecule has 0 amide bonds. The molecule has 2 heteroatoms. The van der Waals surface area contributed by atoms with E-state index >= 15 is 0 Å². The monoisotopic (exact) mass is 508 g/mol. The lowest BCUT2D eigenvalue weighted by Gasteiger charge is -2.14. The van der Waals surface area contributed by atoms with Gasteiger partial charge in [0.1, 0.15) is 0 Å². The van der Waals surface area contributed by atoms with Crippen molar-refractivity contribution in [2.45, 2.75) is 118 Å². The SMILES string of the molecule is CCCCCCCCn1c2ccccc2c2c(C)c3c(c(C)c21)c1ccccc1n3CCCCCCCC. The Kier molecular flexibility index (Phi) is 8.77. The highest BCUT2D eigenvalue weighted by Crippen LogP contribution is 2.43. The van der Waals surface area contributed by atoms with Gasteiger partial charge in [-0.3, -0.25) is 0 Å². The van der Waals surface area contributed by atoms with Gasteiger partial charge in [-0.15, -0.1) is 0 Å². The molecule has 202 valence electrons. The summed E-state index contributed by atoms with van der Waals surface area (Å²) in [6.45, 7) is 11.6. The minimum Gasteiger partial charge on any atom is -0.340 e. The number of aryl methyl sites for hydroxylation is 4. The van der Waals surface area contributed by atoms with E-state index in [9.17, 15) is 0 Å². The summed E-state index contributed by atoms with van der Waals surface area (Å²) >= 11 is 0. The van der Waals surface area contributed by atoms with Crippen LogP contribution in [0.4, 0.5) is 0 Å². The van der Waals surface area contributed by atoms with Gasteiger partial charge in [0.05, 0.1) is 11.0 Å². The van der Waals surface area contributed by atoms with E-state index in [1.807, 2.05) is 0 Å². The van der Waals surface area contributed by atoms with Gasteiger partial charge in [0.15, 0.2) is 0 Å². The van der Waals surface area contributed by atoms with Crippen LogP contribution in [-0.2, 0) is 13.1 Å². The van der Waals surface area contributed by atoms with Crippen LogP contribution in [-0.4, -0.2) is 9.13 Å². The third-order valence-electron chi connectivity index (χ3n) is 8.87. The first-order valence-electron chi connectivity index (χ1n) is 15.6. The van der Waals surface area contributed by atoms with Crippen molar-refractivity contribution in [2.75, 3.05) is 0 Å². The van der Waals surface area contributed by atoms with Crippen molar-refractivity contribution >= 4 is 43.6 Å². The Hall–Kier alpha value is -2.74. The van der Waals surface area contributed by atoms with Crippen LogP contribution in [0.1, 0.15) is 102 Å². The summed E-state index contributed by atoms with van der Waals surface area (Å²) in [6.07, 6.45) is 16.0. The summed E-state index contributed by atoms with van der Waals surface area (Å²) in [5.74, 6) is 0. The molecule has 5 rings (SSSR count). The molecule has 3 aromatic carbocycles. The van der Waals surface area contributed by atoms with Gasteiger partial charge in [0.2, 0.25) is 0 Å². The fraction of sp³-hybridized carbons (Fsp3) is 0.500. The largest absolute Gasteiger partial charge is 0.340 e. The third-order valence-corrected chi connectivity index (χ3v) is 8.87. The Morgan fingerprint density at radius 1 is 0.474 bits per heavy atom. The maximum Gasteiger partial charge on any atom is 0.0531 e. The van der Waals surface area contributed by atoms with E-state index in [0.717, 1.165) is 13.1 Å². The molecule has 0 bridgehead atoms. The fourth-order valence-electron chi connectivity index (χ4n) is 6.95. The highest BCUT2D eigenvalue weighted by molar-refractivity contribution is 6.22. The van der Waals surface area contributed by atoms with Crippen molar-refractivity contribution in [3.05, 3.63) is 59.7 Å². The summed E-state index contributed by atoms with van der Waals surface area (Å²) in [4.78, 5) is 0. The van der Waals surface area contributed by atoms with Gasteiger partial charge in [-0.25, -0.2) is 0 Å². The molecule has 0 radical (unpaired) electrons. The van der Waals surface area contributed by atoms with E-state index in [-0.39, 0.29) is 0 Å². The zero-order valence-electron chi connectivity index (χ0n) is 24.4. The van der Waals surface area contributed by atoms with E-state index in [2.05, 4.69) is 85.4 Å². The lowest BCUT2D eigenvalue weighted by atomic mass is 9.98. The predicted octanol–water partition coefficient (Wildman–Crippen LogP) is 11.2. The van der Waals surface area contributed by atoms with Crippen LogP contribution in [0.5, 0.6) is 0 Å². The van der Waals surface area contributed by atoms with Gasteiger partial charge in [-0.05, 0) is 49.9 Å². The number of hydrogen-bond donors (Lipinski definition) is 0. The minimum absolute atomic E-state index is 1.11. The predicted molar refractivity (Wildman–Crippen MR) is 169 cm³/mol. The molecule has 0 aliphatic heterocycles. The first kappa shape index (κ1) is 26.9. The highest BCUT2D eigenvalue weighted by Gasteiger charge is 2.22. The molecule has 0 atom stereocenters. The second-order valence-corrected chi connectivity index (χ2v) is 11.6. The average Bonchev–Trinajstić information content (AvgIpc) is 3.45. The summed E-state index contributed by atoms with van der Waals surface area (Å²) < 4.78 is 5.32. The number of aromatic nitrogens is 2. The number of rotatable bonds is 14. The molecule has 2 nitrogen and oxygen atoms in total. The quantitative estimate of drug-likeness (QED) is 0.132. The molecule has 0 aliphatic carbocycles. The molecule has 38 heavy (non-hydrogen) atoms.